The van der Waals surface area contributed by atoms with Gasteiger partial charge in [-0.25, -0.2) is 0 Å². The second kappa shape index (κ2) is 5.31. The normalized spacial score (nSPS) is 27.9. The number of nitrogens with zero attached hydrogens (tertiary/aromatic N) is 1. The van der Waals surface area contributed by atoms with E-state index in [4.69, 9.17) is 5.73 Å². The SMILES string of the molecule is N[C@H](C(=O)N1CC2CNCC(C2)C1)c1ccccc1. The van der Waals surface area contributed by atoms with Crippen molar-refractivity contribution in [3.8, 4) is 0 Å². The van der Waals surface area contributed by atoms with Gasteiger partial charge in [-0.3, -0.25) is 4.79 Å². The first kappa shape index (κ1) is 12.6. The number of nitrogens with one attached hydrogen (secondary N) is 1. The molecule has 3 rings (SSSR count). The number of benzene rings is 1. The number of hydrogen-bond donors (Lipinski definition) is 2. The van der Waals surface area contributed by atoms with Gasteiger partial charge in [0.1, 0.15) is 6.04 Å². The maximum absolute atomic E-state index is 12.5. The van der Waals surface area contributed by atoms with Gasteiger partial charge < -0.3 is 16.0 Å². The molecule has 4 nitrogen and oxygen atoms in total. The van der Waals surface area contributed by atoms with E-state index >= 15 is 0 Å². The van der Waals surface area contributed by atoms with E-state index in [-0.39, 0.29) is 5.91 Å². The molecule has 2 aliphatic heterocycles. The largest absolute Gasteiger partial charge is 0.340 e. The van der Waals surface area contributed by atoms with Crippen LogP contribution in [0.2, 0.25) is 0 Å². The molecule has 3 N–H and O–H groups in total. The summed E-state index contributed by atoms with van der Waals surface area (Å²) in [4.78, 5) is 14.5. The van der Waals surface area contributed by atoms with Gasteiger partial charge in [-0.1, -0.05) is 30.3 Å². The molecule has 2 unspecified atom stereocenters. The van der Waals surface area contributed by atoms with Gasteiger partial charge in [0.2, 0.25) is 5.91 Å². The van der Waals surface area contributed by atoms with Gasteiger partial charge in [0.15, 0.2) is 0 Å². The van der Waals surface area contributed by atoms with Gasteiger partial charge in [0, 0.05) is 13.1 Å². The van der Waals surface area contributed by atoms with Crippen LogP contribution in [0.3, 0.4) is 0 Å². The Morgan fingerprint density at radius 1 is 1.21 bits per heavy atom. The van der Waals surface area contributed by atoms with Crippen LogP contribution < -0.4 is 11.1 Å². The Hall–Kier alpha value is -1.39. The van der Waals surface area contributed by atoms with Gasteiger partial charge in [0.25, 0.3) is 0 Å². The zero-order valence-corrected chi connectivity index (χ0v) is 11.1. The number of amides is 1. The van der Waals surface area contributed by atoms with E-state index in [0.29, 0.717) is 11.8 Å². The van der Waals surface area contributed by atoms with Gasteiger partial charge >= 0.3 is 0 Å². The number of hydrogen-bond acceptors (Lipinski definition) is 3. The molecule has 0 saturated carbocycles. The molecule has 19 heavy (non-hydrogen) atoms. The van der Waals surface area contributed by atoms with E-state index in [1.54, 1.807) is 0 Å². The highest BCUT2D eigenvalue weighted by atomic mass is 16.2. The molecule has 1 amide bonds. The van der Waals surface area contributed by atoms with Crippen LogP contribution >= 0.6 is 0 Å². The summed E-state index contributed by atoms with van der Waals surface area (Å²) < 4.78 is 0. The van der Waals surface area contributed by atoms with Crippen LogP contribution in [0, 0.1) is 11.8 Å². The van der Waals surface area contributed by atoms with E-state index < -0.39 is 6.04 Å². The average molecular weight is 259 g/mol. The summed E-state index contributed by atoms with van der Waals surface area (Å²) in [7, 11) is 0. The fourth-order valence-electron chi connectivity index (χ4n) is 3.29. The van der Waals surface area contributed by atoms with E-state index in [9.17, 15) is 4.79 Å². The number of nitrogens with two attached hydrogens (primary N) is 1. The molecule has 0 radical (unpaired) electrons. The van der Waals surface area contributed by atoms with Gasteiger partial charge in [-0.15, -0.1) is 0 Å². The fourth-order valence-corrected chi connectivity index (χ4v) is 3.29. The van der Waals surface area contributed by atoms with Gasteiger partial charge in [-0.2, -0.15) is 0 Å². The second-order valence-corrected chi connectivity index (χ2v) is 5.76. The monoisotopic (exact) mass is 259 g/mol. The molecule has 2 heterocycles. The van der Waals surface area contributed by atoms with Crippen LogP contribution in [0.1, 0.15) is 18.0 Å². The Morgan fingerprint density at radius 2 is 1.84 bits per heavy atom. The third kappa shape index (κ3) is 2.65. The Balaban J connectivity index is 1.70. The van der Waals surface area contributed by atoms with Crippen LogP contribution in [-0.2, 0) is 4.79 Å². The smallest absolute Gasteiger partial charge is 0.244 e. The summed E-state index contributed by atoms with van der Waals surface area (Å²) in [5.41, 5.74) is 7.02. The van der Waals surface area contributed by atoms with E-state index in [1.807, 2.05) is 35.2 Å². The molecular weight excluding hydrogens is 238 g/mol. The lowest BCUT2D eigenvalue weighted by Gasteiger charge is -2.42. The van der Waals surface area contributed by atoms with Crippen LogP contribution in [-0.4, -0.2) is 37.0 Å². The highest BCUT2D eigenvalue weighted by Gasteiger charge is 2.34. The van der Waals surface area contributed by atoms with E-state index in [2.05, 4.69) is 5.32 Å². The Morgan fingerprint density at radius 3 is 2.47 bits per heavy atom. The Kier molecular flexibility index (Phi) is 3.53. The van der Waals surface area contributed by atoms with Crippen LogP contribution in [0.4, 0.5) is 0 Å². The number of fused-ring (bicyclic) bond motifs is 2. The predicted molar refractivity (Wildman–Crippen MR) is 74.4 cm³/mol. The Labute approximate surface area is 114 Å². The molecule has 1 aromatic carbocycles. The lowest BCUT2D eigenvalue weighted by Crippen LogP contribution is -2.54. The summed E-state index contributed by atoms with van der Waals surface area (Å²) in [6, 6.07) is 9.13. The standard InChI is InChI=1S/C15H21N3O/c16-14(13-4-2-1-3-5-13)15(19)18-9-11-6-12(10-18)8-17-7-11/h1-5,11-12,14,17H,6-10,16H2/t11?,12?,14-/m0/s1. The van der Waals surface area contributed by atoms with Crippen molar-refractivity contribution in [3.05, 3.63) is 35.9 Å². The molecule has 3 atom stereocenters. The lowest BCUT2D eigenvalue weighted by molar-refractivity contribution is -0.136. The molecule has 0 aliphatic carbocycles. The van der Waals surface area contributed by atoms with Crippen molar-refractivity contribution in [1.82, 2.24) is 10.2 Å². The average Bonchev–Trinajstić information content (AvgIpc) is 2.46. The summed E-state index contributed by atoms with van der Waals surface area (Å²) >= 11 is 0. The van der Waals surface area contributed by atoms with Crippen molar-refractivity contribution in [3.63, 3.8) is 0 Å². The molecular formula is C15H21N3O. The highest BCUT2D eigenvalue weighted by Crippen LogP contribution is 2.26. The lowest BCUT2D eigenvalue weighted by atomic mass is 9.85. The minimum absolute atomic E-state index is 0.0720. The summed E-state index contributed by atoms with van der Waals surface area (Å²) in [5, 5.41) is 3.44. The van der Waals surface area contributed by atoms with Crippen molar-refractivity contribution < 1.29 is 4.79 Å². The minimum Gasteiger partial charge on any atom is -0.340 e. The first-order valence-electron chi connectivity index (χ1n) is 7.04. The highest BCUT2D eigenvalue weighted by molar-refractivity contribution is 5.83. The zero-order valence-electron chi connectivity index (χ0n) is 11.1. The van der Waals surface area contributed by atoms with E-state index in [1.165, 1.54) is 6.42 Å². The van der Waals surface area contributed by atoms with Crippen molar-refractivity contribution in [1.29, 1.82) is 0 Å². The molecule has 4 heteroatoms. The van der Waals surface area contributed by atoms with Gasteiger partial charge in [-0.05, 0) is 36.9 Å². The summed E-state index contributed by atoms with van der Waals surface area (Å²) in [5.74, 6) is 1.27. The predicted octanol–water partition coefficient (Wildman–Crippen LogP) is 0.754. The summed E-state index contributed by atoms with van der Waals surface area (Å²) in [6.45, 7) is 3.76. The third-order valence-corrected chi connectivity index (χ3v) is 4.23. The fraction of sp³-hybridized carbons (Fsp3) is 0.533. The number of piperidine rings is 2. The number of likely N-dealkylation sites (tertiary alicyclic amines) is 1. The van der Waals surface area contributed by atoms with Crippen LogP contribution in [0.5, 0.6) is 0 Å². The zero-order chi connectivity index (χ0) is 13.2. The molecule has 0 aromatic heterocycles. The van der Waals surface area contributed by atoms with Crippen LogP contribution in [0.15, 0.2) is 30.3 Å². The molecule has 2 bridgehead atoms. The summed E-state index contributed by atoms with van der Waals surface area (Å²) in [6.07, 6.45) is 1.25. The van der Waals surface area contributed by atoms with Crippen LogP contribution in [0.25, 0.3) is 0 Å². The minimum atomic E-state index is -0.520. The molecule has 2 aliphatic rings. The van der Waals surface area contributed by atoms with Crippen molar-refractivity contribution >= 4 is 5.91 Å². The number of rotatable bonds is 2. The third-order valence-electron chi connectivity index (χ3n) is 4.23. The topological polar surface area (TPSA) is 58.4 Å². The maximum atomic E-state index is 12.5. The maximum Gasteiger partial charge on any atom is 0.244 e. The molecule has 2 fully saturated rings. The Bertz CT molecular complexity index is 436. The molecule has 102 valence electrons. The first-order chi connectivity index (χ1) is 9.24. The molecule has 1 aromatic rings. The quantitative estimate of drug-likeness (QED) is 0.824. The van der Waals surface area contributed by atoms with Crippen molar-refractivity contribution in [2.75, 3.05) is 26.2 Å². The first-order valence-corrected chi connectivity index (χ1v) is 7.04. The van der Waals surface area contributed by atoms with Crippen molar-refractivity contribution in [2.24, 2.45) is 17.6 Å². The molecule has 2 saturated heterocycles. The molecule has 0 spiro atoms. The van der Waals surface area contributed by atoms with E-state index in [0.717, 1.165) is 31.7 Å². The van der Waals surface area contributed by atoms with Crippen molar-refractivity contribution in [2.45, 2.75) is 12.5 Å². The number of carbonyl (C=O) groups excluding carboxylic acids is 1. The second-order valence-electron chi connectivity index (χ2n) is 5.76. The van der Waals surface area contributed by atoms with Gasteiger partial charge in [0.05, 0.1) is 0 Å². The number of carbonyl (C=O) groups is 1.